The average Bonchev–Trinajstić information content (AvgIpc) is 2.61. The lowest BCUT2D eigenvalue weighted by molar-refractivity contribution is -0.155. The molecule has 1 rings (SSSR count). The van der Waals surface area contributed by atoms with E-state index in [0.717, 1.165) is 6.92 Å². The van der Waals surface area contributed by atoms with Crippen LogP contribution < -0.4 is 5.32 Å². The standard InChI is InChI=1S/C10H14N2O4/c1-10(16,9(14)15)6-11-8(13)7-4-3-5-12(7)2/h3-5,16H,6H2,1-2H3,(H,11,13)(H,14,15). The van der Waals surface area contributed by atoms with Gasteiger partial charge in [-0.15, -0.1) is 0 Å². The third-order valence-corrected chi connectivity index (χ3v) is 2.23. The van der Waals surface area contributed by atoms with Crippen LogP contribution >= 0.6 is 0 Å². The molecule has 1 aromatic heterocycles. The van der Waals surface area contributed by atoms with Crippen LogP contribution in [0.1, 0.15) is 17.4 Å². The van der Waals surface area contributed by atoms with Gasteiger partial charge in [0.15, 0.2) is 5.60 Å². The Hall–Kier alpha value is -1.82. The molecule has 1 atom stereocenters. The molecule has 6 nitrogen and oxygen atoms in total. The van der Waals surface area contributed by atoms with Crippen LogP contribution in [0, 0.1) is 0 Å². The van der Waals surface area contributed by atoms with Crippen LogP contribution in [0.15, 0.2) is 18.3 Å². The third-order valence-electron chi connectivity index (χ3n) is 2.23. The number of rotatable bonds is 4. The molecule has 0 radical (unpaired) electrons. The Morgan fingerprint density at radius 3 is 2.62 bits per heavy atom. The lowest BCUT2D eigenvalue weighted by Gasteiger charge is -2.18. The average molecular weight is 226 g/mol. The summed E-state index contributed by atoms with van der Waals surface area (Å²) < 4.78 is 1.60. The number of aliphatic carboxylic acids is 1. The number of carboxylic acids is 1. The van der Waals surface area contributed by atoms with E-state index in [-0.39, 0.29) is 6.54 Å². The van der Waals surface area contributed by atoms with Crippen molar-refractivity contribution in [2.75, 3.05) is 6.54 Å². The first-order valence-corrected chi connectivity index (χ1v) is 4.70. The summed E-state index contributed by atoms with van der Waals surface area (Å²) in [6, 6.07) is 3.30. The molecular formula is C10H14N2O4. The Labute approximate surface area is 92.5 Å². The van der Waals surface area contributed by atoms with Gasteiger partial charge in [-0.05, 0) is 19.1 Å². The Morgan fingerprint density at radius 2 is 2.19 bits per heavy atom. The van der Waals surface area contributed by atoms with Gasteiger partial charge in [-0.1, -0.05) is 0 Å². The molecule has 0 aliphatic heterocycles. The van der Waals surface area contributed by atoms with E-state index in [1.165, 1.54) is 0 Å². The highest BCUT2D eigenvalue weighted by Gasteiger charge is 2.30. The van der Waals surface area contributed by atoms with Gasteiger partial charge in [0.1, 0.15) is 5.69 Å². The molecule has 0 bridgehead atoms. The van der Waals surface area contributed by atoms with Crippen LogP contribution in [0.4, 0.5) is 0 Å². The van der Waals surface area contributed by atoms with Crippen molar-refractivity contribution < 1.29 is 19.8 Å². The number of carboxylic acid groups (broad SMARTS) is 1. The molecule has 0 aliphatic rings. The Bertz CT molecular complexity index is 409. The number of carbonyl (C=O) groups is 2. The maximum atomic E-state index is 11.6. The van der Waals surface area contributed by atoms with Gasteiger partial charge in [0.2, 0.25) is 0 Å². The summed E-state index contributed by atoms with van der Waals surface area (Å²) in [6.45, 7) is 0.785. The minimum atomic E-state index is -1.96. The zero-order valence-corrected chi connectivity index (χ0v) is 9.10. The summed E-state index contributed by atoms with van der Waals surface area (Å²) in [5.41, 5.74) is -1.55. The van der Waals surface area contributed by atoms with E-state index in [1.807, 2.05) is 0 Å². The molecule has 88 valence electrons. The molecule has 0 saturated carbocycles. The fourth-order valence-corrected chi connectivity index (χ4v) is 1.12. The van der Waals surface area contributed by atoms with E-state index in [2.05, 4.69) is 5.32 Å². The molecule has 0 spiro atoms. The number of amides is 1. The van der Waals surface area contributed by atoms with E-state index < -0.39 is 17.5 Å². The largest absolute Gasteiger partial charge is 0.479 e. The van der Waals surface area contributed by atoms with Crippen molar-refractivity contribution in [1.29, 1.82) is 0 Å². The fraction of sp³-hybridized carbons (Fsp3) is 0.400. The molecule has 1 amide bonds. The van der Waals surface area contributed by atoms with Gasteiger partial charge in [-0.3, -0.25) is 4.79 Å². The van der Waals surface area contributed by atoms with Crippen molar-refractivity contribution in [3.63, 3.8) is 0 Å². The van der Waals surface area contributed by atoms with Crippen molar-refractivity contribution in [3.8, 4) is 0 Å². The number of aryl methyl sites for hydroxylation is 1. The monoisotopic (exact) mass is 226 g/mol. The van der Waals surface area contributed by atoms with Gasteiger partial charge in [0.25, 0.3) is 5.91 Å². The minimum Gasteiger partial charge on any atom is -0.479 e. The normalized spacial score (nSPS) is 14.2. The summed E-state index contributed by atoms with van der Waals surface area (Å²) in [5, 5.41) is 20.4. The van der Waals surface area contributed by atoms with E-state index in [4.69, 9.17) is 5.11 Å². The third kappa shape index (κ3) is 2.60. The molecule has 0 aromatic carbocycles. The van der Waals surface area contributed by atoms with Crippen molar-refractivity contribution in [1.82, 2.24) is 9.88 Å². The zero-order valence-electron chi connectivity index (χ0n) is 9.10. The predicted molar refractivity (Wildman–Crippen MR) is 56.0 cm³/mol. The van der Waals surface area contributed by atoms with Crippen molar-refractivity contribution in [2.24, 2.45) is 7.05 Å². The highest BCUT2D eigenvalue weighted by Crippen LogP contribution is 2.03. The maximum Gasteiger partial charge on any atom is 0.337 e. The summed E-state index contributed by atoms with van der Waals surface area (Å²) >= 11 is 0. The summed E-state index contributed by atoms with van der Waals surface area (Å²) in [6.07, 6.45) is 1.70. The number of aromatic nitrogens is 1. The summed E-state index contributed by atoms with van der Waals surface area (Å²) in [7, 11) is 1.70. The van der Waals surface area contributed by atoms with Gasteiger partial charge in [-0.2, -0.15) is 0 Å². The van der Waals surface area contributed by atoms with E-state index >= 15 is 0 Å². The topological polar surface area (TPSA) is 91.6 Å². The van der Waals surface area contributed by atoms with Crippen molar-refractivity contribution >= 4 is 11.9 Å². The smallest absolute Gasteiger partial charge is 0.337 e. The Kier molecular flexibility index (Phi) is 3.34. The molecule has 1 unspecified atom stereocenters. The first kappa shape index (κ1) is 12.3. The lowest BCUT2D eigenvalue weighted by Crippen LogP contribution is -2.46. The number of hydrogen-bond donors (Lipinski definition) is 3. The van der Waals surface area contributed by atoms with Crippen LogP contribution in [-0.2, 0) is 11.8 Å². The quantitative estimate of drug-likeness (QED) is 0.651. The first-order valence-electron chi connectivity index (χ1n) is 4.70. The Morgan fingerprint density at radius 1 is 1.56 bits per heavy atom. The highest BCUT2D eigenvalue weighted by molar-refractivity contribution is 5.93. The molecule has 3 N–H and O–H groups in total. The van der Waals surface area contributed by atoms with Gasteiger partial charge in [0.05, 0.1) is 6.54 Å². The molecule has 1 aromatic rings. The second kappa shape index (κ2) is 4.36. The molecule has 0 fully saturated rings. The molecule has 16 heavy (non-hydrogen) atoms. The predicted octanol–water partition coefficient (Wildman–Crippen LogP) is -0.410. The molecular weight excluding hydrogens is 212 g/mol. The SMILES string of the molecule is Cn1cccc1C(=O)NCC(C)(O)C(=O)O. The van der Waals surface area contributed by atoms with Gasteiger partial charge in [0, 0.05) is 13.2 Å². The van der Waals surface area contributed by atoms with Crippen LogP contribution in [0.5, 0.6) is 0 Å². The van der Waals surface area contributed by atoms with Crippen LogP contribution in [0.2, 0.25) is 0 Å². The fourth-order valence-electron chi connectivity index (χ4n) is 1.12. The van der Waals surface area contributed by atoms with E-state index in [9.17, 15) is 14.7 Å². The van der Waals surface area contributed by atoms with Crippen molar-refractivity contribution in [2.45, 2.75) is 12.5 Å². The lowest BCUT2D eigenvalue weighted by atomic mass is 10.1. The second-order valence-corrected chi connectivity index (χ2v) is 3.77. The summed E-state index contributed by atoms with van der Waals surface area (Å²) in [5.74, 6) is -1.80. The van der Waals surface area contributed by atoms with Gasteiger partial charge in [-0.25, -0.2) is 4.79 Å². The number of nitrogens with zero attached hydrogens (tertiary/aromatic N) is 1. The maximum absolute atomic E-state index is 11.6. The van der Waals surface area contributed by atoms with E-state index in [1.54, 1.807) is 29.9 Å². The number of aliphatic hydroxyl groups is 1. The van der Waals surface area contributed by atoms with Crippen LogP contribution in [0.3, 0.4) is 0 Å². The van der Waals surface area contributed by atoms with Gasteiger partial charge < -0.3 is 20.1 Å². The molecule has 0 aliphatic carbocycles. The minimum absolute atomic E-state index is 0.341. The molecule has 6 heteroatoms. The number of hydrogen-bond acceptors (Lipinski definition) is 3. The zero-order chi connectivity index (χ0) is 12.3. The summed E-state index contributed by atoms with van der Waals surface area (Å²) in [4.78, 5) is 22.1. The first-order chi connectivity index (χ1) is 7.34. The molecule has 1 heterocycles. The van der Waals surface area contributed by atoms with E-state index in [0.29, 0.717) is 5.69 Å². The highest BCUT2D eigenvalue weighted by atomic mass is 16.4. The second-order valence-electron chi connectivity index (χ2n) is 3.77. The van der Waals surface area contributed by atoms with Crippen molar-refractivity contribution in [3.05, 3.63) is 24.0 Å². The number of nitrogens with one attached hydrogen (secondary N) is 1. The number of carbonyl (C=O) groups excluding carboxylic acids is 1. The van der Waals surface area contributed by atoms with Crippen LogP contribution in [0.25, 0.3) is 0 Å². The molecule has 0 saturated heterocycles. The van der Waals surface area contributed by atoms with Gasteiger partial charge >= 0.3 is 5.97 Å². The van der Waals surface area contributed by atoms with Crippen LogP contribution in [-0.4, -0.2) is 38.8 Å². The Balaban J connectivity index is 2.61.